The highest BCUT2D eigenvalue weighted by Crippen LogP contribution is 2.23. The summed E-state index contributed by atoms with van der Waals surface area (Å²) in [6.45, 7) is 4.84. The van der Waals surface area contributed by atoms with Crippen LogP contribution in [0.5, 0.6) is 0 Å². The number of hydrogen-bond acceptors (Lipinski definition) is 3. The molecule has 1 aliphatic heterocycles. The molecule has 0 saturated carbocycles. The van der Waals surface area contributed by atoms with Gasteiger partial charge in [0.1, 0.15) is 0 Å². The third kappa shape index (κ3) is 5.23. The molecule has 2 aromatic rings. The monoisotopic (exact) mass is 367 g/mol. The van der Waals surface area contributed by atoms with Gasteiger partial charge in [0.15, 0.2) is 0 Å². The first kappa shape index (κ1) is 19.2. The quantitative estimate of drug-likeness (QED) is 0.728. The maximum absolute atomic E-state index is 12.2. The second-order valence-electron chi connectivity index (χ2n) is 7.10. The molecule has 5 nitrogen and oxygen atoms in total. The third-order valence-corrected chi connectivity index (χ3v) is 5.27. The Morgan fingerprint density at radius 3 is 2.48 bits per heavy atom. The molecule has 0 aliphatic carbocycles. The van der Waals surface area contributed by atoms with E-state index in [2.05, 4.69) is 46.7 Å². The summed E-state index contributed by atoms with van der Waals surface area (Å²) in [4.78, 5) is 14.5. The number of nitrogens with zero attached hydrogens (tertiary/aromatic N) is 1. The van der Waals surface area contributed by atoms with Crippen LogP contribution in [-0.4, -0.2) is 30.8 Å². The topological polar surface area (TPSA) is 64.6 Å². The van der Waals surface area contributed by atoms with E-state index < -0.39 is 0 Å². The van der Waals surface area contributed by atoms with Crippen LogP contribution in [0.3, 0.4) is 0 Å². The standard InChI is InChI=1S/C22H29N3O2/c1-2-19-5-3-4-6-21(19)24-22(27)23-15-17-7-9-20(10-8-17)25-13-11-18(16-26)12-14-25/h3-10,18,26H,2,11-16H2,1H3,(H2,23,24,27). The lowest BCUT2D eigenvalue weighted by Gasteiger charge is -2.33. The van der Waals surface area contributed by atoms with Crippen LogP contribution in [-0.2, 0) is 13.0 Å². The highest BCUT2D eigenvalue weighted by molar-refractivity contribution is 5.90. The molecule has 5 heteroatoms. The second-order valence-corrected chi connectivity index (χ2v) is 7.10. The molecule has 1 saturated heterocycles. The number of amides is 2. The van der Waals surface area contributed by atoms with Crippen LogP contribution in [0, 0.1) is 5.92 Å². The molecule has 1 heterocycles. The van der Waals surface area contributed by atoms with Crippen LogP contribution >= 0.6 is 0 Å². The molecule has 27 heavy (non-hydrogen) atoms. The zero-order chi connectivity index (χ0) is 19.1. The largest absolute Gasteiger partial charge is 0.396 e. The van der Waals surface area contributed by atoms with Crippen molar-refractivity contribution in [2.24, 2.45) is 5.92 Å². The van der Waals surface area contributed by atoms with Gasteiger partial charge in [0.25, 0.3) is 0 Å². The van der Waals surface area contributed by atoms with Gasteiger partial charge < -0.3 is 20.6 Å². The van der Waals surface area contributed by atoms with Crippen molar-refractivity contribution < 1.29 is 9.90 Å². The van der Waals surface area contributed by atoms with E-state index in [0.717, 1.165) is 49.2 Å². The molecule has 1 aliphatic rings. The van der Waals surface area contributed by atoms with Gasteiger partial charge in [0.2, 0.25) is 0 Å². The lowest BCUT2D eigenvalue weighted by molar-refractivity contribution is 0.203. The molecule has 0 bridgehead atoms. The van der Waals surface area contributed by atoms with Gasteiger partial charge in [-0.15, -0.1) is 0 Å². The van der Waals surface area contributed by atoms with Crippen LogP contribution in [0.4, 0.5) is 16.2 Å². The summed E-state index contributed by atoms with van der Waals surface area (Å²) < 4.78 is 0. The number of urea groups is 1. The Balaban J connectivity index is 1.49. The van der Waals surface area contributed by atoms with E-state index in [-0.39, 0.29) is 6.03 Å². The summed E-state index contributed by atoms with van der Waals surface area (Å²) >= 11 is 0. The highest BCUT2D eigenvalue weighted by Gasteiger charge is 2.18. The van der Waals surface area contributed by atoms with Gasteiger partial charge in [-0.3, -0.25) is 0 Å². The van der Waals surface area contributed by atoms with Gasteiger partial charge in [0, 0.05) is 37.6 Å². The van der Waals surface area contributed by atoms with Crippen molar-refractivity contribution in [2.75, 3.05) is 29.9 Å². The van der Waals surface area contributed by atoms with Gasteiger partial charge in [-0.05, 0) is 54.5 Å². The molecule has 2 aromatic carbocycles. The summed E-state index contributed by atoms with van der Waals surface area (Å²) in [5.74, 6) is 0.445. The molecular formula is C22H29N3O2. The summed E-state index contributed by atoms with van der Waals surface area (Å²) in [6.07, 6.45) is 2.96. The Labute approximate surface area is 161 Å². The van der Waals surface area contributed by atoms with Gasteiger partial charge in [0.05, 0.1) is 0 Å². The number of benzene rings is 2. The fourth-order valence-corrected chi connectivity index (χ4v) is 3.50. The maximum Gasteiger partial charge on any atom is 0.319 e. The average Bonchev–Trinajstić information content (AvgIpc) is 2.73. The molecule has 0 aromatic heterocycles. The van der Waals surface area contributed by atoms with Crippen LogP contribution in [0.2, 0.25) is 0 Å². The zero-order valence-corrected chi connectivity index (χ0v) is 15.9. The number of aliphatic hydroxyl groups excluding tert-OH is 1. The number of aliphatic hydroxyl groups is 1. The molecule has 3 rings (SSSR count). The minimum Gasteiger partial charge on any atom is -0.396 e. The van der Waals surface area contributed by atoms with E-state index in [9.17, 15) is 9.90 Å². The van der Waals surface area contributed by atoms with Crippen molar-refractivity contribution in [1.82, 2.24) is 5.32 Å². The minimum atomic E-state index is -0.189. The lowest BCUT2D eigenvalue weighted by Crippen LogP contribution is -2.34. The SMILES string of the molecule is CCc1ccccc1NC(=O)NCc1ccc(N2CCC(CO)CC2)cc1. The number of para-hydroxylation sites is 1. The Morgan fingerprint density at radius 1 is 1.11 bits per heavy atom. The maximum atomic E-state index is 12.2. The van der Waals surface area contributed by atoms with E-state index >= 15 is 0 Å². The number of aryl methyl sites for hydroxylation is 1. The molecule has 1 fully saturated rings. The van der Waals surface area contributed by atoms with E-state index in [0.29, 0.717) is 19.1 Å². The summed E-state index contributed by atoms with van der Waals surface area (Å²) in [7, 11) is 0. The summed E-state index contributed by atoms with van der Waals surface area (Å²) in [5.41, 5.74) is 4.26. The number of hydrogen-bond donors (Lipinski definition) is 3. The van der Waals surface area contributed by atoms with Crippen molar-refractivity contribution in [1.29, 1.82) is 0 Å². The molecule has 3 N–H and O–H groups in total. The number of anilines is 2. The normalized spacial score (nSPS) is 14.8. The first-order valence-corrected chi connectivity index (χ1v) is 9.77. The molecule has 0 unspecified atom stereocenters. The first-order valence-electron chi connectivity index (χ1n) is 9.77. The van der Waals surface area contributed by atoms with Gasteiger partial charge in [-0.25, -0.2) is 4.79 Å². The van der Waals surface area contributed by atoms with Gasteiger partial charge in [-0.1, -0.05) is 37.3 Å². The molecule has 2 amide bonds. The van der Waals surface area contributed by atoms with Crippen molar-refractivity contribution >= 4 is 17.4 Å². The number of piperidine rings is 1. The van der Waals surface area contributed by atoms with E-state index in [4.69, 9.17) is 0 Å². The highest BCUT2D eigenvalue weighted by atomic mass is 16.3. The Morgan fingerprint density at radius 2 is 1.81 bits per heavy atom. The molecule has 0 atom stereocenters. The fourth-order valence-electron chi connectivity index (χ4n) is 3.50. The van der Waals surface area contributed by atoms with E-state index in [1.54, 1.807) is 0 Å². The van der Waals surface area contributed by atoms with Crippen LogP contribution in [0.15, 0.2) is 48.5 Å². The molecule has 0 spiro atoms. The van der Waals surface area contributed by atoms with Gasteiger partial charge >= 0.3 is 6.03 Å². The molecule has 0 radical (unpaired) electrons. The Kier molecular flexibility index (Phi) is 6.71. The molecular weight excluding hydrogens is 338 g/mol. The smallest absolute Gasteiger partial charge is 0.319 e. The minimum absolute atomic E-state index is 0.189. The second kappa shape index (κ2) is 9.42. The predicted molar refractivity (Wildman–Crippen MR) is 110 cm³/mol. The number of carbonyl (C=O) groups is 1. The summed E-state index contributed by atoms with van der Waals surface area (Å²) in [5, 5.41) is 15.1. The number of rotatable bonds is 6. The Hall–Kier alpha value is -2.53. The van der Waals surface area contributed by atoms with Crippen LogP contribution < -0.4 is 15.5 Å². The number of nitrogens with one attached hydrogen (secondary N) is 2. The fraction of sp³-hybridized carbons (Fsp3) is 0.409. The average molecular weight is 367 g/mol. The van der Waals surface area contributed by atoms with Crippen LogP contribution in [0.1, 0.15) is 30.9 Å². The Bertz CT molecular complexity index is 737. The van der Waals surface area contributed by atoms with E-state index in [1.165, 1.54) is 5.69 Å². The van der Waals surface area contributed by atoms with Crippen molar-refractivity contribution in [3.63, 3.8) is 0 Å². The summed E-state index contributed by atoms with van der Waals surface area (Å²) in [6, 6.07) is 16.0. The number of carbonyl (C=O) groups excluding carboxylic acids is 1. The predicted octanol–water partition coefficient (Wildman–Crippen LogP) is 3.78. The lowest BCUT2D eigenvalue weighted by atomic mass is 9.97. The third-order valence-electron chi connectivity index (χ3n) is 5.27. The first-order chi connectivity index (χ1) is 13.2. The van der Waals surface area contributed by atoms with Crippen molar-refractivity contribution in [3.8, 4) is 0 Å². The zero-order valence-electron chi connectivity index (χ0n) is 15.9. The van der Waals surface area contributed by atoms with Crippen LogP contribution in [0.25, 0.3) is 0 Å². The van der Waals surface area contributed by atoms with Gasteiger partial charge in [-0.2, -0.15) is 0 Å². The molecule has 144 valence electrons. The van der Waals surface area contributed by atoms with E-state index in [1.807, 2.05) is 24.3 Å². The van der Waals surface area contributed by atoms with Crippen molar-refractivity contribution in [2.45, 2.75) is 32.7 Å². The van der Waals surface area contributed by atoms with Crippen molar-refractivity contribution in [3.05, 3.63) is 59.7 Å².